The molecule has 0 aliphatic heterocycles. The summed E-state index contributed by atoms with van der Waals surface area (Å²) in [6, 6.07) is 15.6. The summed E-state index contributed by atoms with van der Waals surface area (Å²) in [5.74, 6) is 2.52. The van der Waals surface area contributed by atoms with E-state index in [4.69, 9.17) is 4.42 Å². The van der Waals surface area contributed by atoms with Crippen LogP contribution in [0, 0.1) is 20.8 Å². The first-order chi connectivity index (χ1) is 12.4. The Labute approximate surface area is 156 Å². The SMILES string of the molecule is Cc1ccc(C2=Cc3c(cc(C)c(C)c3-c3ccc(C(C)C)cc3)C2)o1. The predicted molar refractivity (Wildman–Crippen MR) is 110 cm³/mol. The van der Waals surface area contributed by atoms with E-state index in [0.717, 1.165) is 17.9 Å². The monoisotopic (exact) mass is 342 g/mol. The largest absolute Gasteiger partial charge is 0.462 e. The Morgan fingerprint density at radius 2 is 1.65 bits per heavy atom. The maximum Gasteiger partial charge on any atom is 0.130 e. The van der Waals surface area contributed by atoms with Crippen LogP contribution in [0.2, 0.25) is 0 Å². The van der Waals surface area contributed by atoms with Crippen LogP contribution in [0.25, 0.3) is 22.8 Å². The Hall–Kier alpha value is -2.54. The van der Waals surface area contributed by atoms with E-state index in [1.165, 1.54) is 44.5 Å². The van der Waals surface area contributed by atoms with Gasteiger partial charge in [0.05, 0.1) is 0 Å². The van der Waals surface area contributed by atoms with Gasteiger partial charge >= 0.3 is 0 Å². The Morgan fingerprint density at radius 3 is 2.27 bits per heavy atom. The zero-order valence-corrected chi connectivity index (χ0v) is 16.3. The Bertz CT molecular complexity index is 997. The van der Waals surface area contributed by atoms with Crippen LogP contribution in [-0.2, 0) is 6.42 Å². The molecule has 0 atom stereocenters. The van der Waals surface area contributed by atoms with E-state index in [1.54, 1.807) is 0 Å². The standard InChI is InChI=1S/C25H26O/c1-15(2)19-7-9-20(10-8-19)25-18(5)16(3)12-21-13-22(14-23(21)25)24-11-6-17(4)26-24/h6-12,14-15H,13H2,1-5H3. The van der Waals surface area contributed by atoms with Gasteiger partial charge in [0.15, 0.2) is 0 Å². The summed E-state index contributed by atoms with van der Waals surface area (Å²) in [6.45, 7) is 10.9. The molecule has 1 aliphatic rings. The smallest absolute Gasteiger partial charge is 0.130 e. The second-order valence-corrected chi connectivity index (χ2v) is 7.80. The van der Waals surface area contributed by atoms with Gasteiger partial charge in [-0.25, -0.2) is 0 Å². The fraction of sp³-hybridized carbons (Fsp3) is 0.280. The number of allylic oxidation sites excluding steroid dienone is 1. The lowest BCUT2D eigenvalue weighted by atomic mass is 9.89. The van der Waals surface area contributed by atoms with Crippen LogP contribution < -0.4 is 0 Å². The van der Waals surface area contributed by atoms with Crippen molar-refractivity contribution in [3.63, 3.8) is 0 Å². The molecule has 0 unspecified atom stereocenters. The summed E-state index contributed by atoms with van der Waals surface area (Å²) < 4.78 is 5.88. The van der Waals surface area contributed by atoms with Crippen molar-refractivity contribution in [2.24, 2.45) is 0 Å². The quantitative estimate of drug-likeness (QED) is 0.495. The molecule has 1 heteroatoms. The third-order valence-corrected chi connectivity index (χ3v) is 5.59. The van der Waals surface area contributed by atoms with Crippen LogP contribution in [0.1, 0.15) is 59.1 Å². The number of rotatable bonds is 3. The third kappa shape index (κ3) is 2.82. The Kier molecular flexibility index (Phi) is 4.11. The molecule has 1 aliphatic carbocycles. The molecule has 1 aromatic heterocycles. The minimum absolute atomic E-state index is 0.557. The average molecular weight is 342 g/mol. The highest BCUT2D eigenvalue weighted by Crippen LogP contribution is 2.41. The lowest BCUT2D eigenvalue weighted by molar-refractivity contribution is 0.521. The van der Waals surface area contributed by atoms with E-state index in [-0.39, 0.29) is 0 Å². The van der Waals surface area contributed by atoms with E-state index in [0.29, 0.717) is 5.92 Å². The Morgan fingerprint density at radius 1 is 0.923 bits per heavy atom. The molecular weight excluding hydrogens is 316 g/mol. The molecule has 26 heavy (non-hydrogen) atoms. The van der Waals surface area contributed by atoms with Gasteiger partial charge in [-0.3, -0.25) is 0 Å². The van der Waals surface area contributed by atoms with Crippen molar-refractivity contribution in [2.75, 3.05) is 0 Å². The van der Waals surface area contributed by atoms with Gasteiger partial charge in [-0.2, -0.15) is 0 Å². The van der Waals surface area contributed by atoms with Crippen molar-refractivity contribution in [2.45, 2.75) is 47.0 Å². The summed E-state index contributed by atoms with van der Waals surface area (Å²) in [7, 11) is 0. The molecule has 0 fully saturated rings. The second-order valence-electron chi connectivity index (χ2n) is 7.80. The first-order valence-electron chi connectivity index (χ1n) is 9.45. The zero-order valence-electron chi connectivity index (χ0n) is 16.3. The third-order valence-electron chi connectivity index (χ3n) is 5.59. The highest BCUT2D eigenvalue weighted by Gasteiger charge is 2.22. The molecule has 3 aromatic rings. The fourth-order valence-corrected chi connectivity index (χ4v) is 3.92. The van der Waals surface area contributed by atoms with Gasteiger partial charge in [0.1, 0.15) is 11.5 Å². The van der Waals surface area contributed by atoms with E-state index in [2.05, 4.69) is 70.2 Å². The van der Waals surface area contributed by atoms with Gasteiger partial charge in [0, 0.05) is 6.42 Å². The van der Waals surface area contributed by atoms with E-state index in [9.17, 15) is 0 Å². The maximum absolute atomic E-state index is 5.88. The van der Waals surface area contributed by atoms with Crippen LogP contribution in [0.3, 0.4) is 0 Å². The molecule has 1 heterocycles. The second kappa shape index (κ2) is 6.32. The first kappa shape index (κ1) is 16.9. The minimum atomic E-state index is 0.557. The molecule has 2 aromatic carbocycles. The lowest BCUT2D eigenvalue weighted by Gasteiger charge is -2.16. The number of hydrogen-bond acceptors (Lipinski definition) is 1. The molecule has 0 amide bonds. The average Bonchev–Trinajstić information content (AvgIpc) is 3.22. The molecule has 0 spiro atoms. The van der Waals surface area contributed by atoms with Crippen molar-refractivity contribution < 1.29 is 4.42 Å². The molecule has 0 N–H and O–H groups in total. The normalized spacial score (nSPS) is 13.2. The van der Waals surface area contributed by atoms with E-state index in [1.807, 2.05) is 13.0 Å². The minimum Gasteiger partial charge on any atom is -0.462 e. The summed E-state index contributed by atoms with van der Waals surface area (Å²) >= 11 is 0. The summed E-state index contributed by atoms with van der Waals surface area (Å²) in [4.78, 5) is 0. The van der Waals surface area contributed by atoms with Crippen molar-refractivity contribution in [3.05, 3.63) is 81.8 Å². The molecule has 0 radical (unpaired) electrons. The summed E-state index contributed by atoms with van der Waals surface area (Å²) in [6.07, 6.45) is 3.27. The van der Waals surface area contributed by atoms with E-state index < -0.39 is 0 Å². The number of aryl methyl sites for hydroxylation is 2. The molecule has 1 nitrogen and oxygen atoms in total. The van der Waals surface area contributed by atoms with Gasteiger partial charge in [-0.15, -0.1) is 0 Å². The van der Waals surface area contributed by atoms with Crippen LogP contribution >= 0.6 is 0 Å². The molecule has 0 bridgehead atoms. The van der Waals surface area contributed by atoms with Crippen LogP contribution in [0.15, 0.2) is 46.9 Å². The summed E-state index contributed by atoms with van der Waals surface area (Å²) in [5.41, 5.74) is 10.8. The molecule has 0 saturated heterocycles. The predicted octanol–water partition coefficient (Wildman–Crippen LogP) is 7.09. The first-order valence-corrected chi connectivity index (χ1v) is 9.45. The number of furan rings is 1. The maximum atomic E-state index is 5.88. The highest BCUT2D eigenvalue weighted by atomic mass is 16.3. The summed E-state index contributed by atoms with van der Waals surface area (Å²) in [5, 5.41) is 0. The van der Waals surface area contributed by atoms with Crippen molar-refractivity contribution in [1.82, 2.24) is 0 Å². The van der Waals surface area contributed by atoms with Crippen molar-refractivity contribution in [1.29, 1.82) is 0 Å². The fourth-order valence-electron chi connectivity index (χ4n) is 3.92. The lowest BCUT2D eigenvalue weighted by Crippen LogP contribution is -1.96. The van der Waals surface area contributed by atoms with Gasteiger partial charge in [-0.05, 0) is 89.4 Å². The van der Waals surface area contributed by atoms with Crippen molar-refractivity contribution >= 4 is 11.6 Å². The van der Waals surface area contributed by atoms with Crippen LogP contribution in [0.4, 0.5) is 0 Å². The highest BCUT2D eigenvalue weighted by molar-refractivity contribution is 5.94. The number of fused-ring (bicyclic) bond motifs is 1. The van der Waals surface area contributed by atoms with Gasteiger partial charge < -0.3 is 4.42 Å². The van der Waals surface area contributed by atoms with Gasteiger partial charge in [-0.1, -0.05) is 44.2 Å². The number of benzene rings is 2. The molecule has 132 valence electrons. The van der Waals surface area contributed by atoms with Crippen LogP contribution in [-0.4, -0.2) is 0 Å². The van der Waals surface area contributed by atoms with Crippen LogP contribution in [0.5, 0.6) is 0 Å². The van der Waals surface area contributed by atoms with Crippen molar-refractivity contribution in [3.8, 4) is 11.1 Å². The van der Waals surface area contributed by atoms with E-state index >= 15 is 0 Å². The topological polar surface area (TPSA) is 13.1 Å². The van der Waals surface area contributed by atoms with Gasteiger partial charge in [0.2, 0.25) is 0 Å². The zero-order chi connectivity index (χ0) is 18.4. The number of hydrogen-bond donors (Lipinski definition) is 0. The van der Waals surface area contributed by atoms with Gasteiger partial charge in [0.25, 0.3) is 0 Å². The Balaban J connectivity index is 1.85. The molecular formula is C25H26O. The molecule has 0 saturated carbocycles. The molecule has 4 rings (SSSR count).